The van der Waals surface area contributed by atoms with Crippen molar-refractivity contribution in [3.8, 4) is 23.3 Å². The molecule has 35 heavy (non-hydrogen) atoms. The topological polar surface area (TPSA) is 103 Å². The lowest BCUT2D eigenvalue weighted by atomic mass is 10.00. The van der Waals surface area contributed by atoms with Gasteiger partial charge in [0.2, 0.25) is 0 Å². The van der Waals surface area contributed by atoms with Gasteiger partial charge in [-0.05, 0) is 72.5 Å². The molecular weight excluding hydrogens is 446 g/mol. The molecule has 0 aliphatic carbocycles. The third-order valence-corrected chi connectivity index (χ3v) is 4.88. The summed E-state index contributed by atoms with van der Waals surface area (Å²) in [5, 5.41) is 9.56. The predicted molar refractivity (Wildman–Crippen MR) is 128 cm³/mol. The Morgan fingerprint density at radius 1 is 0.743 bits per heavy atom. The van der Waals surface area contributed by atoms with Gasteiger partial charge in [0.1, 0.15) is 17.2 Å². The highest BCUT2D eigenvalue weighted by Crippen LogP contribution is 2.22. The Hall–Kier alpha value is -4.96. The number of aryl methyl sites for hydroxylation is 2. The molecule has 0 fully saturated rings. The molecule has 0 atom stereocenters. The van der Waals surface area contributed by atoms with Crippen LogP contribution in [0.1, 0.15) is 27.0 Å². The summed E-state index contributed by atoms with van der Waals surface area (Å²) in [7, 11) is 0. The van der Waals surface area contributed by atoms with Crippen molar-refractivity contribution < 1.29 is 28.6 Å². The van der Waals surface area contributed by atoms with E-state index in [1.807, 2.05) is 12.1 Å². The maximum atomic E-state index is 12.4. The Morgan fingerprint density at radius 3 is 1.83 bits per heavy atom. The maximum Gasteiger partial charge on any atom is 0.343 e. The maximum absolute atomic E-state index is 12.4. The van der Waals surface area contributed by atoms with Crippen LogP contribution in [0.5, 0.6) is 17.2 Å². The van der Waals surface area contributed by atoms with Crippen molar-refractivity contribution in [1.29, 1.82) is 5.26 Å². The normalized spacial score (nSPS) is 9.91. The fourth-order valence-corrected chi connectivity index (χ4v) is 3.08. The van der Waals surface area contributed by atoms with Gasteiger partial charge in [-0.25, -0.2) is 14.4 Å². The first-order valence-corrected chi connectivity index (χ1v) is 10.5. The van der Waals surface area contributed by atoms with Crippen molar-refractivity contribution in [3.05, 3.63) is 114 Å². The van der Waals surface area contributed by atoms with Crippen LogP contribution in [0.3, 0.4) is 0 Å². The van der Waals surface area contributed by atoms with Crippen LogP contribution in [0, 0.1) is 11.3 Å². The van der Waals surface area contributed by atoms with E-state index in [4.69, 9.17) is 14.2 Å². The summed E-state index contributed by atoms with van der Waals surface area (Å²) < 4.78 is 15.4. The van der Waals surface area contributed by atoms with Crippen LogP contribution in [-0.2, 0) is 22.4 Å². The van der Waals surface area contributed by atoms with E-state index in [-0.39, 0.29) is 17.1 Å². The van der Waals surface area contributed by atoms with Gasteiger partial charge in [0.15, 0.2) is 0 Å². The van der Waals surface area contributed by atoms with Crippen molar-refractivity contribution in [2.24, 2.45) is 0 Å². The van der Waals surface area contributed by atoms with Crippen molar-refractivity contribution >= 4 is 17.9 Å². The van der Waals surface area contributed by atoms with E-state index in [1.54, 1.807) is 24.3 Å². The highest BCUT2D eigenvalue weighted by atomic mass is 16.5. The van der Waals surface area contributed by atoms with Gasteiger partial charge < -0.3 is 14.2 Å². The van der Waals surface area contributed by atoms with Gasteiger partial charge in [-0.3, -0.25) is 0 Å². The van der Waals surface area contributed by atoms with Crippen molar-refractivity contribution in [3.63, 3.8) is 0 Å². The van der Waals surface area contributed by atoms with Crippen molar-refractivity contribution in [2.45, 2.75) is 12.8 Å². The molecule has 0 saturated carbocycles. The van der Waals surface area contributed by atoms with E-state index >= 15 is 0 Å². The lowest BCUT2D eigenvalue weighted by Crippen LogP contribution is -2.09. The molecule has 0 aliphatic heterocycles. The lowest BCUT2D eigenvalue weighted by molar-refractivity contribution is -0.129. The fraction of sp³-hybridized carbons (Fsp3) is 0.0714. The first-order valence-electron chi connectivity index (χ1n) is 10.5. The van der Waals surface area contributed by atoms with Crippen LogP contribution in [0.2, 0.25) is 0 Å². The average Bonchev–Trinajstić information content (AvgIpc) is 2.88. The van der Waals surface area contributed by atoms with E-state index in [0.717, 1.165) is 23.3 Å². The summed E-state index contributed by atoms with van der Waals surface area (Å²) >= 11 is 0. The summed E-state index contributed by atoms with van der Waals surface area (Å²) in [4.78, 5) is 34.9. The molecule has 0 unspecified atom stereocenters. The SMILES string of the molecule is C=CC(=O)Oc1ccc(CCc2ccc(OC(=O)c3ccc(OC(=O)C=C)cc3)cc2C#N)cc1. The van der Waals surface area contributed by atoms with Crippen molar-refractivity contribution in [2.75, 3.05) is 0 Å². The zero-order chi connectivity index (χ0) is 25.2. The molecule has 0 N–H and O–H groups in total. The highest BCUT2D eigenvalue weighted by molar-refractivity contribution is 5.91. The number of rotatable bonds is 9. The van der Waals surface area contributed by atoms with Gasteiger partial charge in [0.25, 0.3) is 0 Å². The number of carbonyl (C=O) groups is 3. The molecule has 3 aromatic rings. The van der Waals surface area contributed by atoms with E-state index in [2.05, 4.69) is 19.2 Å². The molecule has 3 rings (SSSR count). The Balaban J connectivity index is 1.61. The van der Waals surface area contributed by atoms with Gasteiger partial charge in [-0.2, -0.15) is 5.26 Å². The molecule has 174 valence electrons. The zero-order valence-electron chi connectivity index (χ0n) is 18.7. The number of hydrogen-bond acceptors (Lipinski definition) is 7. The second-order valence-electron chi connectivity index (χ2n) is 7.24. The van der Waals surface area contributed by atoms with Gasteiger partial charge in [-0.1, -0.05) is 31.4 Å². The van der Waals surface area contributed by atoms with Crippen LogP contribution >= 0.6 is 0 Å². The standard InChI is InChI=1S/C28H21NO6/c1-3-26(30)33-23-12-6-19(7-13-23)5-8-20-9-16-25(17-22(20)18-29)35-28(32)21-10-14-24(15-11-21)34-27(31)4-2/h3-4,6-7,9-17H,1-2,5,8H2. The monoisotopic (exact) mass is 467 g/mol. The molecule has 0 saturated heterocycles. The van der Waals surface area contributed by atoms with Crippen LogP contribution in [0.15, 0.2) is 92.0 Å². The molecule has 0 aliphatic rings. The van der Waals surface area contributed by atoms with E-state index in [1.165, 1.54) is 30.3 Å². The predicted octanol–water partition coefficient (Wildman–Crippen LogP) is 4.75. The third kappa shape index (κ3) is 7.01. The minimum Gasteiger partial charge on any atom is -0.423 e. The first kappa shape index (κ1) is 24.7. The van der Waals surface area contributed by atoms with Gasteiger partial charge in [0, 0.05) is 12.2 Å². The summed E-state index contributed by atoms with van der Waals surface area (Å²) in [5.74, 6) is -0.796. The van der Waals surface area contributed by atoms with Crippen LogP contribution in [0.4, 0.5) is 0 Å². The number of nitrogens with zero attached hydrogens (tertiary/aromatic N) is 1. The van der Waals surface area contributed by atoms with Gasteiger partial charge >= 0.3 is 17.9 Å². The lowest BCUT2D eigenvalue weighted by Gasteiger charge is -2.09. The zero-order valence-corrected chi connectivity index (χ0v) is 18.7. The smallest absolute Gasteiger partial charge is 0.343 e. The summed E-state index contributed by atoms with van der Waals surface area (Å²) in [6.07, 6.45) is 3.38. The van der Waals surface area contributed by atoms with Crippen molar-refractivity contribution in [1.82, 2.24) is 0 Å². The summed E-state index contributed by atoms with van der Waals surface area (Å²) in [6, 6.07) is 20.0. The molecule has 0 bridgehead atoms. The number of hydrogen-bond donors (Lipinski definition) is 0. The molecule has 7 nitrogen and oxygen atoms in total. The number of esters is 3. The number of benzene rings is 3. The van der Waals surface area contributed by atoms with E-state index < -0.39 is 17.9 Å². The molecule has 0 aromatic heterocycles. The second-order valence-corrected chi connectivity index (χ2v) is 7.24. The first-order chi connectivity index (χ1) is 16.9. The summed E-state index contributed by atoms with van der Waals surface area (Å²) in [5.41, 5.74) is 2.47. The Kier molecular flexibility index (Phi) is 8.30. The van der Waals surface area contributed by atoms with E-state index in [9.17, 15) is 19.6 Å². The minimum absolute atomic E-state index is 0.242. The third-order valence-electron chi connectivity index (χ3n) is 4.88. The number of carbonyl (C=O) groups excluding carboxylic acids is 3. The van der Waals surface area contributed by atoms with Gasteiger partial charge in [-0.15, -0.1) is 0 Å². The molecular formula is C28H21NO6. The quantitative estimate of drug-likeness (QED) is 0.254. The Morgan fingerprint density at radius 2 is 1.29 bits per heavy atom. The Bertz CT molecular complexity index is 1300. The minimum atomic E-state index is -0.611. The van der Waals surface area contributed by atoms with Crippen LogP contribution < -0.4 is 14.2 Å². The molecule has 0 heterocycles. The molecule has 3 aromatic carbocycles. The average molecular weight is 467 g/mol. The van der Waals surface area contributed by atoms with Crippen LogP contribution in [0.25, 0.3) is 0 Å². The molecule has 0 radical (unpaired) electrons. The molecule has 7 heteroatoms. The summed E-state index contributed by atoms with van der Waals surface area (Å²) in [6.45, 7) is 6.68. The fourth-order valence-electron chi connectivity index (χ4n) is 3.08. The van der Waals surface area contributed by atoms with E-state index in [0.29, 0.717) is 24.2 Å². The van der Waals surface area contributed by atoms with Crippen LogP contribution in [-0.4, -0.2) is 17.9 Å². The highest BCUT2D eigenvalue weighted by Gasteiger charge is 2.12. The second kappa shape index (κ2) is 11.8. The molecule has 0 spiro atoms. The number of ether oxygens (including phenoxy) is 3. The van der Waals surface area contributed by atoms with Gasteiger partial charge in [0.05, 0.1) is 17.2 Å². The molecule has 0 amide bonds. The largest absolute Gasteiger partial charge is 0.423 e. The number of nitriles is 1. The Labute approximate surface area is 202 Å².